The van der Waals surface area contributed by atoms with Crippen molar-refractivity contribution in [3.05, 3.63) is 47.1 Å². The van der Waals surface area contributed by atoms with Crippen molar-refractivity contribution in [2.75, 3.05) is 0 Å². The highest BCUT2D eigenvalue weighted by Crippen LogP contribution is 2.33. The molecule has 1 unspecified atom stereocenters. The molecule has 1 atom stereocenters. The fraction of sp³-hybridized carbons (Fsp3) is 0.455. The van der Waals surface area contributed by atoms with Gasteiger partial charge in [0.2, 0.25) is 0 Å². The van der Waals surface area contributed by atoms with Crippen molar-refractivity contribution in [3.8, 4) is 6.07 Å². The molecular formula is C22H25N5O2. The number of hydrogen-bond acceptors (Lipinski definition) is 5. The SMILES string of the molecule is Cc1nocc1C(=O)NC(c1nc2c(C#N)cccc2[nH]1)C1CCCCCCC1. The van der Waals surface area contributed by atoms with E-state index in [0.717, 1.165) is 31.2 Å². The number of fused-ring (bicyclic) bond motifs is 1. The molecular weight excluding hydrogens is 366 g/mol. The van der Waals surface area contributed by atoms with Crippen LogP contribution in [0.15, 0.2) is 29.0 Å². The molecule has 2 N–H and O–H groups in total. The van der Waals surface area contributed by atoms with Gasteiger partial charge >= 0.3 is 0 Å². The molecule has 0 radical (unpaired) electrons. The zero-order valence-electron chi connectivity index (χ0n) is 16.6. The number of aromatic nitrogens is 3. The molecule has 0 bridgehead atoms. The zero-order valence-corrected chi connectivity index (χ0v) is 16.6. The molecule has 1 fully saturated rings. The molecule has 0 saturated heterocycles. The highest BCUT2D eigenvalue weighted by Gasteiger charge is 2.29. The monoisotopic (exact) mass is 391 g/mol. The van der Waals surface area contributed by atoms with Gasteiger partial charge in [-0.1, -0.05) is 43.3 Å². The van der Waals surface area contributed by atoms with Crippen molar-refractivity contribution < 1.29 is 9.32 Å². The number of rotatable bonds is 4. The number of H-pyrrole nitrogens is 1. The average Bonchev–Trinajstić information content (AvgIpc) is 3.32. The Balaban J connectivity index is 1.70. The predicted octanol–water partition coefficient (Wildman–Crippen LogP) is 4.56. The first-order valence-corrected chi connectivity index (χ1v) is 10.3. The maximum atomic E-state index is 12.9. The molecule has 0 aliphatic heterocycles. The number of aryl methyl sites for hydroxylation is 1. The van der Waals surface area contributed by atoms with Crippen molar-refractivity contribution >= 4 is 16.9 Å². The topological polar surface area (TPSA) is 108 Å². The second kappa shape index (κ2) is 8.48. The molecule has 4 rings (SSSR count). The molecule has 7 heteroatoms. The Morgan fingerprint density at radius 1 is 1.28 bits per heavy atom. The lowest BCUT2D eigenvalue weighted by Gasteiger charge is -2.28. The van der Waals surface area contributed by atoms with Crippen molar-refractivity contribution in [1.29, 1.82) is 5.26 Å². The van der Waals surface area contributed by atoms with Gasteiger partial charge in [0.05, 0.1) is 22.8 Å². The lowest BCUT2D eigenvalue weighted by atomic mass is 9.85. The summed E-state index contributed by atoms with van der Waals surface area (Å²) in [6.07, 6.45) is 9.47. The number of carbonyl (C=O) groups excluding carboxylic acids is 1. The van der Waals surface area contributed by atoms with Crippen LogP contribution in [0.3, 0.4) is 0 Å². The number of para-hydroxylation sites is 1. The van der Waals surface area contributed by atoms with E-state index in [0.29, 0.717) is 28.2 Å². The molecule has 0 spiro atoms. The highest BCUT2D eigenvalue weighted by atomic mass is 16.5. The summed E-state index contributed by atoms with van der Waals surface area (Å²) in [4.78, 5) is 21.0. The van der Waals surface area contributed by atoms with Gasteiger partial charge in [-0.05, 0) is 37.8 Å². The summed E-state index contributed by atoms with van der Waals surface area (Å²) in [5, 5.41) is 16.4. The first-order chi connectivity index (χ1) is 14.2. The van der Waals surface area contributed by atoms with Crippen LogP contribution in [0, 0.1) is 24.2 Å². The Kier molecular flexibility index (Phi) is 5.61. The van der Waals surface area contributed by atoms with E-state index in [1.807, 2.05) is 12.1 Å². The third-order valence-electron chi connectivity index (χ3n) is 5.85. The number of nitrogens with zero attached hydrogens (tertiary/aromatic N) is 3. The third kappa shape index (κ3) is 4.02. The van der Waals surface area contributed by atoms with Gasteiger partial charge in [0.25, 0.3) is 5.91 Å². The molecule has 1 aliphatic carbocycles. The quantitative estimate of drug-likeness (QED) is 0.678. The zero-order chi connectivity index (χ0) is 20.2. The fourth-order valence-electron chi connectivity index (χ4n) is 4.25. The summed E-state index contributed by atoms with van der Waals surface area (Å²) in [7, 11) is 0. The number of nitrogens with one attached hydrogen (secondary N) is 2. The van der Waals surface area contributed by atoms with Crippen LogP contribution >= 0.6 is 0 Å². The van der Waals surface area contributed by atoms with E-state index in [4.69, 9.17) is 9.51 Å². The van der Waals surface area contributed by atoms with Crippen LogP contribution in [-0.2, 0) is 0 Å². The Morgan fingerprint density at radius 2 is 2.03 bits per heavy atom. The molecule has 7 nitrogen and oxygen atoms in total. The first-order valence-electron chi connectivity index (χ1n) is 10.3. The van der Waals surface area contributed by atoms with E-state index >= 15 is 0 Å². The van der Waals surface area contributed by atoms with Crippen LogP contribution in [0.5, 0.6) is 0 Å². The Labute approximate surface area is 169 Å². The lowest BCUT2D eigenvalue weighted by molar-refractivity contribution is 0.0911. The van der Waals surface area contributed by atoms with Gasteiger partial charge in [-0.2, -0.15) is 5.26 Å². The average molecular weight is 391 g/mol. The summed E-state index contributed by atoms with van der Waals surface area (Å²) < 4.78 is 4.94. The van der Waals surface area contributed by atoms with Crippen molar-refractivity contribution in [2.24, 2.45) is 5.92 Å². The number of nitriles is 1. The van der Waals surface area contributed by atoms with Gasteiger partial charge in [-0.15, -0.1) is 0 Å². The molecule has 3 aromatic rings. The number of carbonyl (C=O) groups is 1. The molecule has 29 heavy (non-hydrogen) atoms. The second-order valence-corrected chi connectivity index (χ2v) is 7.81. The maximum Gasteiger partial charge on any atom is 0.257 e. The van der Waals surface area contributed by atoms with E-state index in [1.165, 1.54) is 25.5 Å². The summed E-state index contributed by atoms with van der Waals surface area (Å²) in [5.41, 5.74) is 2.99. The van der Waals surface area contributed by atoms with Crippen molar-refractivity contribution in [1.82, 2.24) is 20.4 Å². The smallest absolute Gasteiger partial charge is 0.257 e. The molecule has 150 valence electrons. The van der Waals surface area contributed by atoms with Crippen molar-refractivity contribution in [3.63, 3.8) is 0 Å². The highest BCUT2D eigenvalue weighted by molar-refractivity contribution is 5.95. The summed E-state index contributed by atoms with van der Waals surface area (Å²) >= 11 is 0. The van der Waals surface area contributed by atoms with E-state index in [1.54, 1.807) is 13.0 Å². The minimum absolute atomic E-state index is 0.211. The Bertz CT molecular complexity index is 1040. The standard InChI is InChI=1S/C22H25N5O2/c1-14-17(13-29-27-14)22(28)26-20(15-8-5-3-2-4-6-9-15)21-24-18-11-7-10-16(12-23)19(18)25-21/h7,10-11,13,15,20H,2-6,8-9H2,1H3,(H,24,25)(H,26,28). The van der Waals surface area contributed by atoms with E-state index in [9.17, 15) is 10.1 Å². The first kappa shape index (κ1) is 19.2. The Morgan fingerprint density at radius 3 is 2.72 bits per heavy atom. The number of benzene rings is 1. The van der Waals surface area contributed by atoms with Gasteiger partial charge < -0.3 is 14.8 Å². The minimum atomic E-state index is -0.256. The normalized spacial score (nSPS) is 16.7. The van der Waals surface area contributed by atoms with Gasteiger partial charge in [0, 0.05) is 0 Å². The minimum Gasteiger partial charge on any atom is -0.364 e. The van der Waals surface area contributed by atoms with Gasteiger partial charge in [-0.25, -0.2) is 4.98 Å². The van der Waals surface area contributed by atoms with Crippen LogP contribution in [0.4, 0.5) is 0 Å². The third-order valence-corrected chi connectivity index (χ3v) is 5.85. The predicted molar refractivity (Wildman–Crippen MR) is 108 cm³/mol. The van der Waals surface area contributed by atoms with Crippen LogP contribution in [0.2, 0.25) is 0 Å². The summed E-state index contributed by atoms with van der Waals surface area (Å²) in [6.45, 7) is 1.75. The van der Waals surface area contributed by atoms with Crippen molar-refractivity contribution in [2.45, 2.75) is 57.9 Å². The van der Waals surface area contributed by atoms with Crippen LogP contribution in [0.25, 0.3) is 11.0 Å². The van der Waals surface area contributed by atoms with E-state index < -0.39 is 0 Å². The summed E-state index contributed by atoms with van der Waals surface area (Å²) in [5.74, 6) is 0.776. The van der Waals surface area contributed by atoms with Gasteiger partial charge in [0.1, 0.15) is 29.2 Å². The van der Waals surface area contributed by atoms with Crippen LogP contribution in [-0.4, -0.2) is 21.0 Å². The molecule has 1 aromatic carbocycles. The largest absolute Gasteiger partial charge is 0.364 e. The van der Waals surface area contributed by atoms with Gasteiger partial charge in [-0.3, -0.25) is 4.79 Å². The Hall–Kier alpha value is -3.14. The molecule has 1 aliphatic rings. The number of hydrogen-bond donors (Lipinski definition) is 2. The fourth-order valence-corrected chi connectivity index (χ4v) is 4.25. The lowest BCUT2D eigenvalue weighted by Crippen LogP contribution is -2.35. The maximum absolute atomic E-state index is 12.9. The molecule has 2 heterocycles. The summed E-state index contributed by atoms with van der Waals surface area (Å²) in [6, 6.07) is 7.46. The van der Waals surface area contributed by atoms with E-state index in [2.05, 4.69) is 21.5 Å². The van der Waals surface area contributed by atoms with E-state index in [-0.39, 0.29) is 17.9 Å². The second-order valence-electron chi connectivity index (χ2n) is 7.81. The number of amides is 1. The van der Waals surface area contributed by atoms with Crippen LogP contribution in [0.1, 0.15) is 78.4 Å². The number of imidazole rings is 1. The van der Waals surface area contributed by atoms with Gasteiger partial charge in [0.15, 0.2) is 0 Å². The molecule has 1 amide bonds. The molecule has 1 saturated carbocycles. The number of aromatic amines is 1. The van der Waals surface area contributed by atoms with Crippen LogP contribution < -0.4 is 5.32 Å². The molecule has 2 aromatic heterocycles.